The van der Waals surface area contributed by atoms with Crippen LogP contribution in [0.2, 0.25) is 0 Å². The van der Waals surface area contributed by atoms with Crippen LogP contribution in [0.5, 0.6) is 0 Å². The summed E-state index contributed by atoms with van der Waals surface area (Å²) in [5.74, 6) is 1.28. The van der Waals surface area contributed by atoms with Crippen molar-refractivity contribution >= 4 is 59.7 Å². The summed E-state index contributed by atoms with van der Waals surface area (Å²) in [7, 11) is -10.3. The number of Topliss-reactive ketones (excluding diaryl/α,β-unsaturated/α-hetero) is 6. The van der Waals surface area contributed by atoms with Gasteiger partial charge < -0.3 is 32.8 Å². The van der Waals surface area contributed by atoms with Crippen molar-refractivity contribution in [3.8, 4) is 0 Å². The maximum atomic E-state index is 14.8. The average molecular weight is 1750 g/mol. The molecule has 20 heteroatoms. The monoisotopic (exact) mass is 1750 g/mol. The highest BCUT2D eigenvalue weighted by molar-refractivity contribution is 7.91. The summed E-state index contributed by atoms with van der Waals surface area (Å²) in [5, 5.41) is 0. The van der Waals surface area contributed by atoms with Gasteiger partial charge in [0.05, 0.1) is 50.2 Å². The Bertz CT molecular complexity index is 5010. The zero-order valence-electron chi connectivity index (χ0n) is 79.2. The summed E-state index contributed by atoms with van der Waals surface area (Å²) in [5.41, 5.74) is -4.04. The lowest BCUT2D eigenvalue weighted by atomic mass is 9.32. The first-order valence-corrected chi connectivity index (χ1v) is 52.8. The van der Waals surface area contributed by atoms with Crippen molar-refractivity contribution in [3.05, 3.63) is 99.9 Å². The van der Waals surface area contributed by atoms with Gasteiger partial charge in [-0.2, -0.15) is 0 Å². The van der Waals surface area contributed by atoms with Gasteiger partial charge >= 0.3 is 15.2 Å². The van der Waals surface area contributed by atoms with Crippen molar-refractivity contribution in [3.63, 3.8) is 0 Å². The Morgan fingerprint density at radius 1 is 0.398 bits per heavy atom. The average Bonchev–Trinajstić information content (AvgIpc) is 0.677. The fourth-order valence-corrected chi connectivity index (χ4v) is 37.3. The number of sulfone groups is 1. The minimum atomic E-state index is -3.63. The number of rotatable bonds is 11. The van der Waals surface area contributed by atoms with E-state index in [1.165, 1.54) is 6.66 Å². The Morgan fingerprint density at radius 2 is 0.691 bits per heavy atom. The van der Waals surface area contributed by atoms with Crippen LogP contribution in [0.1, 0.15) is 306 Å². The molecule has 1 N–H and O–H groups in total. The summed E-state index contributed by atoms with van der Waals surface area (Å²) in [6.45, 7) is 75.9. The van der Waals surface area contributed by atoms with E-state index in [9.17, 15) is 51.2 Å². The molecule has 0 bridgehead atoms. The molecule has 1 aromatic carbocycles. The van der Waals surface area contributed by atoms with Crippen LogP contribution >= 0.6 is 15.2 Å². The lowest BCUT2D eigenvalue weighted by molar-refractivity contribution is -0.226. The number of hydrogen-bond donors (Lipinski definition) is 1. The van der Waals surface area contributed by atoms with Gasteiger partial charge in [-0.1, -0.05) is 182 Å². The highest BCUT2D eigenvalue weighted by atomic mass is 32.2. The standard InChI is InChI=1S/C37H49NO4S.C34H52NO5P.C32H48NO5P/c1-32(2)16-18-37(23-43(41,42)24-12-10-9-11-13-24)19-17-36(7)30(25(37)21-32)27(39)20-29-34(5)22-26(38-8)31(40)33(3,4)28(34)14-15-35(29,36)6;1-11-39-41(10,38)40-21-34-16-14-29(2,3)19-22(34)27-24(36)18-26-31(6)20-23(35-9)28(37)30(4,5)25(31)12-13-32(26,7)33(27,8)15-17-34;1-27(2)12-14-32(19-38-39(9,36)37)15-13-31(7)25(20(32)17-27)22(34)16-24-29(5)18-21(33-8)26(35)28(3,4)23(29)10-11-30(24,31)6/h9-13,22,25,28-30H,14-21,23H2,1-7H3;20,22,25-27H,11-19,21H2,1-8,10H3;18,20,23-25H,10-17,19H2,1-7,9H3,(H,36,37)/t25-,28-,29+,30-,34-,35+,36+,37+;22-,25-,26+,27-,31-,32+,33+,34+,41?;20-,23-,24+,25-,29-,30+,31+,32+/m000/s1. The zero-order valence-corrected chi connectivity index (χ0v) is 81.9. The molecule has 26 atom stereocenters. The van der Waals surface area contributed by atoms with E-state index in [4.69, 9.17) is 33.3 Å². The van der Waals surface area contributed by atoms with E-state index >= 15 is 0 Å². The Morgan fingerprint density at radius 3 is 1.00 bits per heavy atom. The number of carbonyl (C=O) groups is 6. The van der Waals surface area contributed by atoms with Crippen LogP contribution in [0.15, 0.2) is 70.5 Å². The topological polar surface area (TPSA) is 232 Å². The lowest BCUT2D eigenvalue weighted by Crippen LogP contribution is -2.69. The minimum Gasteiger partial charge on any atom is -0.324 e. The third kappa shape index (κ3) is 14.3. The molecule has 16 rings (SSSR count). The molecule has 12 saturated carbocycles. The summed E-state index contributed by atoms with van der Waals surface area (Å²) >= 11 is 0. The van der Waals surface area contributed by atoms with E-state index < -0.39 is 57.5 Å². The number of fused-ring (bicyclic) bond motifs is 21. The molecule has 17 nitrogen and oxygen atoms in total. The summed E-state index contributed by atoms with van der Waals surface area (Å²) < 4.78 is 70.4. The van der Waals surface area contributed by atoms with Gasteiger partial charge in [-0.3, -0.25) is 23.5 Å². The quantitative estimate of drug-likeness (QED) is 0.160. The van der Waals surface area contributed by atoms with E-state index in [0.717, 1.165) is 135 Å². The predicted molar refractivity (Wildman–Crippen MR) is 481 cm³/mol. The van der Waals surface area contributed by atoms with Gasteiger partial charge in [-0.25, -0.2) is 23.0 Å². The molecular formula is C103H149N3O14P2S. The molecule has 0 aliphatic heterocycles. The molecular weight excluding hydrogens is 1600 g/mol. The van der Waals surface area contributed by atoms with Crippen LogP contribution in [-0.2, 0) is 61.3 Å². The fraction of sp³-hybridized carbons (Fsp3) is 0.796. The third-order valence-corrected chi connectivity index (χ3v) is 44.9. The van der Waals surface area contributed by atoms with E-state index in [-0.39, 0.29) is 189 Å². The normalized spacial score (nSPS) is 45.7. The lowest BCUT2D eigenvalue weighted by Gasteiger charge is -2.72. The van der Waals surface area contributed by atoms with Crippen LogP contribution in [0.25, 0.3) is 14.5 Å². The maximum Gasteiger partial charge on any atom is 0.327 e. The van der Waals surface area contributed by atoms with Gasteiger partial charge in [0.15, 0.2) is 27.2 Å². The van der Waals surface area contributed by atoms with Crippen molar-refractivity contribution in [1.29, 1.82) is 0 Å². The molecule has 0 radical (unpaired) electrons. The van der Waals surface area contributed by atoms with Crippen molar-refractivity contribution in [2.75, 3.05) is 38.9 Å². The Hall–Kier alpha value is -4.82. The highest BCUT2D eigenvalue weighted by Crippen LogP contribution is 2.81. The molecule has 2 unspecified atom stereocenters. The van der Waals surface area contributed by atoms with Gasteiger partial charge in [0, 0.05) is 66.6 Å². The van der Waals surface area contributed by atoms with E-state index in [0.29, 0.717) is 48.9 Å². The fourth-order valence-electron chi connectivity index (χ4n) is 33.8. The number of benzene rings is 1. The van der Waals surface area contributed by atoms with Crippen LogP contribution in [0, 0.1) is 188 Å². The molecule has 0 amide bonds. The smallest absolute Gasteiger partial charge is 0.324 e. The first-order chi connectivity index (χ1) is 56.5. The Kier molecular flexibility index (Phi) is 23.1. The van der Waals surface area contributed by atoms with Gasteiger partial charge in [-0.15, -0.1) is 0 Å². The van der Waals surface area contributed by atoms with Crippen molar-refractivity contribution < 1.29 is 64.8 Å². The molecule has 0 spiro atoms. The van der Waals surface area contributed by atoms with Gasteiger partial charge in [0.1, 0.15) is 17.3 Å². The predicted octanol–water partition coefficient (Wildman–Crippen LogP) is 24.1. The van der Waals surface area contributed by atoms with E-state index in [1.807, 2.05) is 72.8 Å². The second kappa shape index (κ2) is 30.1. The number of hydrogen-bond acceptors (Lipinski definition) is 13. The summed E-state index contributed by atoms with van der Waals surface area (Å²) in [6.07, 6.45) is 26.8. The Balaban J connectivity index is 0.000000151. The molecule has 0 heterocycles. The SMILES string of the molecule is [C-]#[N+]C1=C[C@]2(C)[C@H]3CC(=O)[C@@H]4[C@@H]5CC(C)(C)CC[C@]5(COP(C)(=O)O)CC[C@@]4(C)[C@]3(C)CC[C@H]2C(C)(C)C1=O.[C-]#[N+]C1=C[C@]2(C)[C@H]3CC(=O)[C@@H]4[C@@H]5CC(C)(C)CC[C@]5(COP(C)(=O)OCC)CC[C@@]4(C)[C@]3(C)CC[C@H]2C(C)(C)C1=O.[C-]#[N+]C1=C[C@]2(C)[C@H]3CC(=O)[C@@H]4[C@@H]5CC(C)(C)CC[C@]5(CS(=O)(=O)c5ccccc5)CC[C@@]4(C)[C@]3(C)CC[C@H]2C(C)(C)C1=O. The van der Waals surface area contributed by atoms with E-state index in [1.54, 1.807) is 30.9 Å². The zero-order chi connectivity index (χ0) is 90.9. The molecule has 0 saturated heterocycles. The second-order valence-corrected chi connectivity index (χ2v) is 55.6. The van der Waals surface area contributed by atoms with Crippen LogP contribution < -0.4 is 0 Å². The first-order valence-electron chi connectivity index (χ1n) is 47.1. The minimum absolute atomic E-state index is 0.0167. The molecule has 123 heavy (non-hydrogen) atoms. The number of nitrogens with zero attached hydrogens (tertiary/aromatic N) is 3. The molecule has 676 valence electrons. The molecule has 1 aromatic rings. The van der Waals surface area contributed by atoms with Gasteiger partial charge in [-0.05, 0) is 288 Å². The third-order valence-electron chi connectivity index (χ3n) is 41.0. The number of allylic oxidation sites excluding steroid dienone is 6. The highest BCUT2D eigenvalue weighted by Gasteiger charge is 2.77. The molecule has 15 aliphatic rings. The van der Waals surface area contributed by atoms with Crippen molar-refractivity contribution in [2.45, 2.75) is 311 Å². The van der Waals surface area contributed by atoms with Gasteiger partial charge in [0.25, 0.3) is 0 Å². The largest absolute Gasteiger partial charge is 0.327 e. The first kappa shape index (κ1) is 94.3. The van der Waals surface area contributed by atoms with E-state index in [2.05, 4.69) is 118 Å². The Labute approximate surface area is 738 Å². The van der Waals surface area contributed by atoms with Gasteiger partial charge in [0.2, 0.25) is 17.1 Å². The molecule has 15 aliphatic carbocycles. The number of carbonyl (C=O) groups excluding carboxylic acids is 6. The summed E-state index contributed by atoms with van der Waals surface area (Å²) in [6, 6.07) is 8.85. The van der Waals surface area contributed by atoms with Crippen molar-refractivity contribution in [1.82, 2.24) is 0 Å². The molecule has 12 fully saturated rings. The van der Waals surface area contributed by atoms with Crippen LogP contribution in [-0.4, -0.2) is 86.9 Å². The second-order valence-electron chi connectivity index (χ2n) is 49.7. The van der Waals surface area contributed by atoms with Crippen molar-refractivity contribution in [2.24, 2.45) is 168 Å². The van der Waals surface area contributed by atoms with Crippen LogP contribution in [0.3, 0.4) is 0 Å². The maximum absolute atomic E-state index is 14.8. The van der Waals surface area contributed by atoms with Crippen LogP contribution in [0.4, 0.5) is 0 Å². The number of ketones is 6. The molecule has 0 aromatic heterocycles. The summed E-state index contributed by atoms with van der Waals surface area (Å²) in [4.78, 5) is 105.